The Morgan fingerprint density at radius 1 is 0.875 bits per heavy atom. The maximum atomic E-state index is 12.3. The van der Waals surface area contributed by atoms with Gasteiger partial charge >= 0.3 is 0 Å². The van der Waals surface area contributed by atoms with Gasteiger partial charge in [-0.3, -0.25) is 4.79 Å². The molecule has 0 unspecified atom stereocenters. The first kappa shape index (κ1) is 18.0. The zero-order valence-corrected chi connectivity index (χ0v) is 15.0. The van der Waals surface area contributed by atoms with Gasteiger partial charge in [-0.1, -0.05) is 82.3 Å². The van der Waals surface area contributed by atoms with E-state index in [-0.39, 0.29) is 11.9 Å². The molecule has 0 spiro atoms. The van der Waals surface area contributed by atoms with Crippen molar-refractivity contribution >= 4 is 12.0 Å². The van der Waals surface area contributed by atoms with Crippen molar-refractivity contribution in [1.82, 2.24) is 5.32 Å². The molecule has 1 amide bonds. The summed E-state index contributed by atoms with van der Waals surface area (Å²) in [7, 11) is 0. The van der Waals surface area contributed by atoms with Gasteiger partial charge in [-0.2, -0.15) is 0 Å². The van der Waals surface area contributed by atoms with E-state index in [4.69, 9.17) is 0 Å². The van der Waals surface area contributed by atoms with Crippen LogP contribution < -0.4 is 5.32 Å². The van der Waals surface area contributed by atoms with E-state index in [9.17, 15) is 4.79 Å². The third-order valence-electron chi connectivity index (χ3n) is 4.15. The average molecular weight is 321 g/mol. The van der Waals surface area contributed by atoms with Crippen molar-refractivity contribution in [3.8, 4) is 0 Å². The molecule has 0 saturated carbocycles. The van der Waals surface area contributed by atoms with E-state index in [1.807, 2.05) is 36.4 Å². The van der Waals surface area contributed by atoms with Gasteiger partial charge < -0.3 is 5.32 Å². The molecule has 24 heavy (non-hydrogen) atoms. The maximum absolute atomic E-state index is 12.3. The Morgan fingerprint density at radius 2 is 1.46 bits per heavy atom. The minimum atomic E-state index is -0.0644. The molecule has 0 radical (unpaired) electrons. The SMILES string of the molecule is CC(C)c1ccc([C@H](NC(=O)/C=C/c2ccccc2)C(C)C)cc1. The van der Waals surface area contributed by atoms with Gasteiger partial charge in [0.25, 0.3) is 0 Å². The van der Waals surface area contributed by atoms with E-state index in [0.29, 0.717) is 11.8 Å². The predicted octanol–water partition coefficient (Wildman–Crippen LogP) is 5.34. The molecule has 2 aromatic rings. The summed E-state index contributed by atoms with van der Waals surface area (Å²) in [5, 5.41) is 3.13. The molecule has 0 fully saturated rings. The van der Waals surface area contributed by atoms with Crippen LogP contribution in [0.3, 0.4) is 0 Å². The largest absolute Gasteiger partial charge is 0.345 e. The number of hydrogen-bond donors (Lipinski definition) is 1. The molecule has 126 valence electrons. The van der Waals surface area contributed by atoms with Crippen LogP contribution in [0.15, 0.2) is 60.7 Å². The summed E-state index contributed by atoms with van der Waals surface area (Å²) in [6, 6.07) is 18.4. The van der Waals surface area contributed by atoms with Gasteiger partial charge in [0.1, 0.15) is 0 Å². The minimum Gasteiger partial charge on any atom is -0.345 e. The second-order valence-corrected chi connectivity index (χ2v) is 6.80. The lowest BCUT2D eigenvalue weighted by atomic mass is 9.93. The number of carbonyl (C=O) groups excluding carboxylic acids is 1. The number of hydrogen-bond acceptors (Lipinski definition) is 1. The lowest BCUT2D eigenvalue weighted by Gasteiger charge is -2.23. The van der Waals surface area contributed by atoms with Gasteiger partial charge in [-0.05, 0) is 34.6 Å². The Bertz CT molecular complexity index is 669. The fraction of sp³-hybridized carbons (Fsp3) is 0.318. The molecule has 0 aliphatic rings. The second-order valence-electron chi connectivity index (χ2n) is 6.80. The zero-order chi connectivity index (χ0) is 17.5. The molecule has 0 aliphatic heterocycles. The standard InChI is InChI=1S/C22H27NO/c1-16(2)19-11-13-20(14-12-19)22(17(3)4)23-21(24)15-10-18-8-6-5-7-9-18/h5-17,22H,1-4H3,(H,23,24)/b15-10+/t22-/m1/s1. The first-order chi connectivity index (χ1) is 11.5. The van der Waals surface area contributed by atoms with Crippen LogP contribution in [0.5, 0.6) is 0 Å². The molecular formula is C22H27NO. The van der Waals surface area contributed by atoms with Gasteiger partial charge in [0.15, 0.2) is 0 Å². The summed E-state index contributed by atoms with van der Waals surface area (Å²) in [4.78, 5) is 12.3. The normalized spacial score (nSPS) is 12.8. The fourth-order valence-corrected chi connectivity index (χ4v) is 2.66. The quantitative estimate of drug-likeness (QED) is 0.715. The van der Waals surface area contributed by atoms with Crippen molar-refractivity contribution in [2.45, 2.75) is 39.7 Å². The summed E-state index contributed by atoms with van der Waals surface area (Å²) in [5.41, 5.74) is 3.49. The molecule has 0 aromatic heterocycles. The number of carbonyl (C=O) groups is 1. The molecular weight excluding hydrogens is 294 g/mol. The van der Waals surface area contributed by atoms with E-state index in [1.165, 1.54) is 5.56 Å². The Hall–Kier alpha value is -2.35. The summed E-state index contributed by atoms with van der Waals surface area (Å²) < 4.78 is 0. The molecule has 2 nitrogen and oxygen atoms in total. The molecule has 0 heterocycles. The molecule has 0 saturated heterocycles. The Kier molecular flexibility index (Phi) is 6.36. The smallest absolute Gasteiger partial charge is 0.244 e. The first-order valence-electron chi connectivity index (χ1n) is 8.61. The van der Waals surface area contributed by atoms with Crippen LogP contribution >= 0.6 is 0 Å². The minimum absolute atomic E-state index is 0.0131. The fourth-order valence-electron chi connectivity index (χ4n) is 2.66. The highest BCUT2D eigenvalue weighted by molar-refractivity contribution is 5.92. The van der Waals surface area contributed by atoms with Gasteiger partial charge in [-0.15, -0.1) is 0 Å². The molecule has 2 aromatic carbocycles. The Morgan fingerprint density at radius 3 is 2.00 bits per heavy atom. The summed E-state index contributed by atoms with van der Waals surface area (Å²) >= 11 is 0. The van der Waals surface area contributed by atoms with Crippen LogP contribution in [0.4, 0.5) is 0 Å². The van der Waals surface area contributed by atoms with Crippen molar-refractivity contribution in [2.75, 3.05) is 0 Å². The highest BCUT2D eigenvalue weighted by Gasteiger charge is 2.17. The van der Waals surface area contributed by atoms with Crippen molar-refractivity contribution in [3.05, 3.63) is 77.4 Å². The second kappa shape index (κ2) is 8.49. The van der Waals surface area contributed by atoms with Gasteiger partial charge in [0.05, 0.1) is 6.04 Å². The van der Waals surface area contributed by atoms with Crippen molar-refractivity contribution in [3.63, 3.8) is 0 Å². The van der Waals surface area contributed by atoms with Crippen LogP contribution in [-0.2, 0) is 4.79 Å². The van der Waals surface area contributed by atoms with Gasteiger partial charge in [0, 0.05) is 6.08 Å². The lowest BCUT2D eigenvalue weighted by Crippen LogP contribution is -2.30. The summed E-state index contributed by atoms with van der Waals surface area (Å²) in [6.07, 6.45) is 3.45. The van der Waals surface area contributed by atoms with Gasteiger partial charge in [0.2, 0.25) is 5.91 Å². The Labute approximate surface area is 145 Å². The lowest BCUT2D eigenvalue weighted by molar-refractivity contribution is -0.117. The molecule has 0 bridgehead atoms. The zero-order valence-electron chi connectivity index (χ0n) is 15.0. The van der Waals surface area contributed by atoms with E-state index in [2.05, 4.69) is 57.3 Å². The monoisotopic (exact) mass is 321 g/mol. The van der Waals surface area contributed by atoms with Crippen LogP contribution in [0, 0.1) is 5.92 Å². The molecule has 0 aliphatic carbocycles. The van der Waals surface area contributed by atoms with E-state index >= 15 is 0 Å². The van der Waals surface area contributed by atoms with Crippen LogP contribution in [-0.4, -0.2) is 5.91 Å². The van der Waals surface area contributed by atoms with E-state index < -0.39 is 0 Å². The Balaban J connectivity index is 2.08. The molecule has 2 heteroatoms. The topological polar surface area (TPSA) is 29.1 Å². The number of nitrogens with one attached hydrogen (secondary N) is 1. The summed E-state index contributed by atoms with van der Waals surface area (Å²) in [6.45, 7) is 8.63. The van der Waals surface area contributed by atoms with Crippen molar-refractivity contribution in [2.24, 2.45) is 5.92 Å². The third kappa shape index (κ3) is 5.09. The molecule has 1 N–H and O–H groups in total. The number of rotatable bonds is 6. The molecule has 2 rings (SSSR count). The third-order valence-corrected chi connectivity index (χ3v) is 4.15. The van der Waals surface area contributed by atoms with Crippen LogP contribution in [0.1, 0.15) is 56.3 Å². The average Bonchev–Trinajstić information content (AvgIpc) is 2.58. The number of benzene rings is 2. The molecule has 1 atom stereocenters. The van der Waals surface area contributed by atoms with Crippen LogP contribution in [0.2, 0.25) is 0 Å². The van der Waals surface area contributed by atoms with Crippen molar-refractivity contribution < 1.29 is 4.79 Å². The van der Waals surface area contributed by atoms with Crippen LogP contribution in [0.25, 0.3) is 6.08 Å². The highest BCUT2D eigenvalue weighted by Crippen LogP contribution is 2.24. The first-order valence-corrected chi connectivity index (χ1v) is 8.61. The predicted molar refractivity (Wildman–Crippen MR) is 102 cm³/mol. The van der Waals surface area contributed by atoms with E-state index in [0.717, 1.165) is 11.1 Å². The van der Waals surface area contributed by atoms with Gasteiger partial charge in [-0.25, -0.2) is 0 Å². The van der Waals surface area contributed by atoms with Crippen molar-refractivity contribution in [1.29, 1.82) is 0 Å². The maximum Gasteiger partial charge on any atom is 0.244 e. The van der Waals surface area contributed by atoms with E-state index in [1.54, 1.807) is 6.08 Å². The highest BCUT2D eigenvalue weighted by atomic mass is 16.1. The summed E-state index contributed by atoms with van der Waals surface area (Å²) in [5.74, 6) is 0.773. The number of amides is 1.